The van der Waals surface area contributed by atoms with Crippen LogP contribution in [-0.2, 0) is 13.0 Å². The Kier molecular flexibility index (Phi) is 3.60. The van der Waals surface area contributed by atoms with Gasteiger partial charge in [0.05, 0.1) is 5.69 Å². The van der Waals surface area contributed by atoms with Crippen LogP contribution >= 0.6 is 23.2 Å². The Morgan fingerprint density at radius 1 is 1.27 bits per heavy atom. The summed E-state index contributed by atoms with van der Waals surface area (Å²) in [7, 11) is 0. The molecule has 1 fully saturated rings. The van der Waals surface area contributed by atoms with Crippen molar-refractivity contribution in [2.24, 2.45) is 0 Å². The molecule has 4 rings (SSSR count). The van der Waals surface area contributed by atoms with Crippen molar-refractivity contribution in [2.75, 3.05) is 0 Å². The average Bonchev–Trinajstić information content (AvgIpc) is 2.75. The standard InChI is InChI=1S/C17H17Cl2N3/c1-10-20-8-14-16(21-10)7-13-4-5-17(14)22(13)9-11-2-3-12(18)6-15(11)19/h2-3,6,8,13,17H,4-5,7,9H2,1H3/t13-,17+/m1/s1. The maximum Gasteiger partial charge on any atom is 0.125 e. The molecule has 0 radical (unpaired) electrons. The molecule has 0 unspecified atom stereocenters. The minimum Gasteiger partial charge on any atom is -0.289 e. The van der Waals surface area contributed by atoms with Crippen LogP contribution in [0.4, 0.5) is 0 Å². The molecule has 22 heavy (non-hydrogen) atoms. The molecule has 5 heteroatoms. The van der Waals surface area contributed by atoms with Crippen molar-refractivity contribution in [3.05, 3.63) is 57.1 Å². The Balaban J connectivity index is 1.65. The monoisotopic (exact) mass is 333 g/mol. The fourth-order valence-electron chi connectivity index (χ4n) is 3.77. The Morgan fingerprint density at radius 3 is 2.95 bits per heavy atom. The molecule has 1 saturated heterocycles. The lowest BCUT2D eigenvalue weighted by molar-refractivity contribution is 0.166. The van der Waals surface area contributed by atoms with Crippen LogP contribution in [0.25, 0.3) is 0 Å². The third kappa shape index (κ3) is 2.41. The second kappa shape index (κ2) is 5.48. The van der Waals surface area contributed by atoms with Crippen LogP contribution < -0.4 is 0 Å². The van der Waals surface area contributed by atoms with Crippen LogP contribution in [0, 0.1) is 6.92 Å². The number of rotatable bonds is 2. The molecule has 114 valence electrons. The first-order valence-corrected chi connectivity index (χ1v) is 8.39. The van der Waals surface area contributed by atoms with Gasteiger partial charge in [0.15, 0.2) is 0 Å². The molecular weight excluding hydrogens is 317 g/mol. The molecule has 2 atom stereocenters. The summed E-state index contributed by atoms with van der Waals surface area (Å²) in [6.07, 6.45) is 5.42. The smallest absolute Gasteiger partial charge is 0.125 e. The van der Waals surface area contributed by atoms with E-state index in [4.69, 9.17) is 23.2 Å². The average molecular weight is 334 g/mol. The van der Waals surface area contributed by atoms with Gasteiger partial charge in [-0.25, -0.2) is 9.97 Å². The SMILES string of the molecule is Cc1ncc2c(n1)C[C@H]1CC[C@@H]2N1Cc1ccc(Cl)cc1Cl. The van der Waals surface area contributed by atoms with E-state index >= 15 is 0 Å². The summed E-state index contributed by atoms with van der Waals surface area (Å²) >= 11 is 12.3. The van der Waals surface area contributed by atoms with E-state index in [1.54, 1.807) is 0 Å². The summed E-state index contributed by atoms with van der Waals surface area (Å²) in [5, 5.41) is 1.43. The van der Waals surface area contributed by atoms with E-state index in [2.05, 4.69) is 14.9 Å². The Morgan fingerprint density at radius 2 is 2.14 bits per heavy atom. The zero-order valence-electron chi connectivity index (χ0n) is 12.4. The van der Waals surface area contributed by atoms with Gasteiger partial charge < -0.3 is 0 Å². The highest BCUT2D eigenvalue weighted by Gasteiger charge is 2.40. The molecular formula is C17H17Cl2N3. The normalized spacial score (nSPS) is 23.6. The first kappa shape index (κ1) is 14.4. The van der Waals surface area contributed by atoms with Gasteiger partial charge in [-0.1, -0.05) is 29.3 Å². The molecule has 1 aromatic heterocycles. The maximum atomic E-state index is 6.35. The van der Waals surface area contributed by atoms with Crippen LogP contribution in [-0.4, -0.2) is 20.9 Å². The van der Waals surface area contributed by atoms with Gasteiger partial charge in [0.25, 0.3) is 0 Å². The van der Waals surface area contributed by atoms with Gasteiger partial charge in [-0.2, -0.15) is 0 Å². The molecule has 2 bridgehead atoms. The van der Waals surface area contributed by atoms with Gasteiger partial charge in [-0.3, -0.25) is 4.90 Å². The van der Waals surface area contributed by atoms with Gasteiger partial charge in [0, 0.05) is 46.9 Å². The molecule has 3 heterocycles. The summed E-state index contributed by atoms with van der Waals surface area (Å²) in [5.74, 6) is 0.868. The summed E-state index contributed by atoms with van der Waals surface area (Å²) in [6.45, 7) is 2.82. The van der Waals surface area contributed by atoms with Crippen molar-refractivity contribution in [1.29, 1.82) is 0 Å². The third-order valence-electron chi connectivity index (χ3n) is 4.82. The number of aromatic nitrogens is 2. The highest BCUT2D eigenvalue weighted by molar-refractivity contribution is 6.35. The van der Waals surface area contributed by atoms with Crippen LogP contribution in [0.1, 0.15) is 41.5 Å². The largest absolute Gasteiger partial charge is 0.289 e. The summed E-state index contributed by atoms with van der Waals surface area (Å²) in [6, 6.07) is 6.74. The highest BCUT2D eigenvalue weighted by atomic mass is 35.5. The lowest BCUT2D eigenvalue weighted by Crippen LogP contribution is -2.37. The Labute approximate surface area is 140 Å². The molecule has 1 aromatic carbocycles. The summed E-state index contributed by atoms with van der Waals surface area (Å²) in [4.78, 5) is 11.6. The number of hydrogen-bond donors (Lipinski definition) is 0. The molecule has 2 aromatic rings. The van der Waals surface area contributed by atoms with E-state index < -0.39 is 0 Å². The first-order chi connectivity index (χ1) is 10.6. The number of fused-ring (bicyclic) bond motifs is 4. The summed E-state index contributed by atoms with van der Waals surface area (Å²) < 4.78 is 0. The molecule has 2 aliphatic rings. The molecule has 0 N–H and O–H groups in total. The van der Waals surface area contributed by atoms with Crippen LogP contribution in [0.15, 0.2) is 24.4 Å². The van der Waals surface area contributed by atoms with Gasteiger partial charge in [0.1, 0.15) is 5.82 Å². The van der Waals surface area contributed by atoms with E-state index in [1.165, 1.54) is 24.1 Å². The quantitative estimate of drug-likeness (QED) is 0.817. The minimum atomic E-state index is 0.418. The zero-order valence-corrected chi connectivity index (χ0v) is 13.9. The lowest BCUT2D eigenvalue weighted by atomic mass is 9.98. The minimum absolute atomic E-state index is 0.418. The van der Waals surface area contributed by atoms with E-state index in [1.807, 2.05) is 31.3 Å². The van der Waals surface area contributed by atoms with Crippen LogP contribution in [0.2, 0.25) is 10.0 Å². The van der Waals surface area contributed by atoms with E-state index in [0.717, 1.165) is 29.4 Å². The van der Waals surface area contributed by atoms with Gasteiger partial charge >= 0.3 is 0 Å². The maximum absolute atomic E-state index is 6.35. The predicted octanol–water partition coefficient (Wildman–Crippen LogP) is 4.35. The van der Waals surface area contributed by atoms with Crippen molar-refractivity contribution in [3.8, 4) is 0 Å². The van der Waals surface area contributed by atoms with Gasteiger partial charge in [0.2, 0.25) is 0 Å². The van der Waals surface area contributed by atoms with Crippen LogP contribution in [0.5, 0.6) is 0 Å². The molecule has 0 spiro atoms. The van der Waals surface area contributed by atoms with Crippen molar-refractivity contribution in [2.45, 2.75) is 44.8 Å². The van der Waals surface area contributed by atoms with Crippen LogP contribution in [0.3, 0.4) is 0 Å². The number of hydrogen-bond acceptors (Lipinski definition) is 3. The topological polar surface area (TPSA) is 29.0 Å². The molecule has 0 saturated carbocycles. The number of aryl methyl sites for hydroxylation is 1. The lowest BCUT2D eigenvalue weighted by Gasteiger charge is -2.35. The molecule has 2 aliphatic heterocycles. The Hall–Kier alpha value is -1.16. The van der Waals surface area contributed by atoms with Gasteiger partial charge in [-0.15, -0.1) is 0 Å². The van der Waals surface area contributed by atoms with E-state index in [9.17, 15) is 0 Å². The fourth-order valence-corrected chi connectivity index (χ4v) is 4.24. The summed E-state index contributed by atoms with van der Waals surface area (Å²) in [5.41, 5.74) is 3.67. The second-order valence-corrected chi connectivity index (χ2v) is 7.02. The van der Waals surface area contributed by atoms with Crippen molar-refractivity contribution >= 4 is 23.2 Å². The Bertz CT molecular complexity index is 732. The first-order valence-electron chi connectivity index (χ1n) is 7.64. The molecule has 3 nitrogen and oxygen atoms in total. The van der Waals surface area contributed by atoms with Crippen molar-refractivity contribution in [3.63, 3.8) is 0 Å². The molecule has 0 aliphatic carbocycles. The number of nitrogens with zero attached hydrogens (tertiary/aromatic N) is 3. The predicted molar refractivity (Wildman–Crippen MR) is 88.2 cm³/mol. The molecule has 0 amide bonds. The van der Waals surface area contributed by atoms with E-state index in [0.29, 0.717) is 17.1 Å². The fraction of sp³-hybridized carbons (Fsp3) is 0.412. The number of halogens is 2. The van der Waals surface area contributed by atoms with Gasteiger partial charge in [-0.05, 0) is 37.5 Å². The second-order valence-electron chi connectivity index (χ2n) is 6.18. The third-order valence-corrected chi connectivity index (χ3v) is 5.41. The van der Waals surface area contributed by atoms with E-state index in [-0.39, 0.29) is 0 Å². The number of benzene rings is 1. The zero-order chi connectivity index (χ0) is 15.3. The van der Waals surface area contributed by atoms with Crippen molar-refractivity contribution < 1.29 is 0 Å². The highest BCUT2D eigenvalue weighted by Crippen LogP contribution is 2.44. The van der Waals surface area contributed by atoms with Crippen molar-refractivity contribution in [1.82, 2.24) is 14.9 Å².